The van der Waals surface area contributed by atoms with E-state index in [0.29, 0.717) is 17.9 Å². The Bertz CT molecular complexity index is 1030. The maximum absolute atomic E-state index is 12.9. The highest BCUT2D eigenvalue weighted by Crippen LogP contribution is 2.55. The largest absolute Gasteiger partial charge is 0.507 e. The Morgan fingerprint density at radius 1 is 1.28 bits per heavy atom. The Morgan fingerprint density at radius 3 is 2.62 bits per heavy atom. The number of phenols is 1. The fraction of sp³-hybridized carbons (Fsp3) is 0.538. The minimum atomic E-state index is -0.717. The maximum Gasteiger partial charge on any atom is 0.228 e. The molecule has 0 aromatic heterocycles. The molecule has 1 aromatic rings. The molecule has 6 heteroatoms. The highest BCUT2D eigenvalue weighted by molar-refractivity contribution is 6.25. The zero-order valence-electron chi connectivity index (χ0n) is 19.3. The Balaban J connectivity index is 1.76. The lowest BCUT2D eigenvalue weighted by Crippen LogP contribution is -2.40. The van der Waals surface area contributed by atoms with Crippen molar-refractivity contribution in [2.24, 2.45) is 11.3 Å². The van der Waals surface area contributed by atoms with Crippen LogP contribution in [0.2, 0.25) is 0 Å². The summed E-state index contributed by atoms with van der Waals surface area (Å²) < 4.78 is 11.1. The number of hydrogen-bond acceptors (Lipinski definition) is 6. The van der Waals surface area contributed by atoms with Crippen molar-refractivity contribution in [3.63, 3.8) is 0 Å². The lowest BCUT2D eigenvalue weighted by molar-refractivity contribution is 0.0685. The van der Waals surface area contributed by atoms with Gasteiger partial charge in [0.15, 0.2) is 11.5 Å². The van der Waals surface area contributed by atoms with Crippen LogP contribution in [-0.2, 0) is 10.2 Å². The zero-order valence-corrected chi connectivity index (χ0v) is 19.3. The highest BCUT2D eigenvalue weighted by Gasteiger charge is 2.50. The first-order chi connectivity index (χ1) is 15.0. The van der Waals surface area contributed by atoms with Crippen LogP contribution in [0.4, 0.5) is 0 Å². The van der Waals surface area contributed by atoms with E-state index in [-0.39, 0.29) is 40.4 Å². The number of Topliss-reactive ketones (excluding diaryl/α,β-unsaturated/α-hetero) is 1. The summed E-state index contributed by atoms with van der Waals surface area (Å²) in [5.74, 6) is -0.523. The number of phenolic OH excluding ortho intramolecular Hbond substituents is 1. The second kappa shape index (κ2) is 7.77. The molecule has 1 saturated carbocycles. The normalized spacial score (nSPS) is 28.7. The molecule has 3 aliphatic rings. The van der Waals surface area contributed by atoms with Gasteiger partial charge in [0.2, 0.25) is 5.78 Å². The number of hydrogen-bond donors (Lipinski definition) is 2. The van der Waals surface area contributed by atoms with Gasteiger partial charge in [-0.1, -0.05) is 32.9 Å². The molecule has 2 aliphatic carbocycles. The van der Waals surface area contributed by atoms with E-state index < -0.39 is 23.1 Å². The van der Waals surface area contributed by atoms with Crippen LogP contribution < -0.4 is 4.74 Å². The number of benzene rings is 1. The molecule has 0 saturated heterocycles. The van der Waals surface area contributed by atoms with E-state index in [1.54, 1.807) is 0 Å². The lowest BCUT2D eigenvalue weighted by Gasteiger charge is -2.42. The van der Waals surface area contributed by atoms with Crippen LogP contribution in [0.15, 0.2) is 30.1 Å². The number of fused-ring (bicyclic) bond motifs is 3. The summed E-state index contributed by atoms with van der Waals surface area (Å²) in [6.45, 7) is 10.5. The predicted octanol–water partition coefficient (Wildman–Crippen LogP) is 4.48. The third kappa shape index (κ3) is 3.27. The fourth-order valence-corrected chi connectivity index (χ4v) is 5.95. The molecule has 2 N–H and O–H groups in total. The van der Waals surface area contributed by atoms with Crippen LogP contribution in [0.5, 0.6) is 11.5 Å². The molecule has 0 bridgehead atoms. The van der Waals surface area contributed by atoms with Crippen molar-refractivity contribution in [1.29, 1.82) is 0 Å². The Hall–Kier alpha value is -2.60. The molecule has 3 unspecified atom stereocenters. The molecule has 32 heavy (non-hydrogen) atoms. The van der Waals surface area contributed by atoms with Crippen LogP contribution in [0.1, 0.15) is 79.2 Å². The number of aromatic hydroxyl groups is 1. The number of aliphatic hydroxyl groups excluding tert-OH is 1. The second-order valence-corrected chi connectivity index (χ2v) is 10.2. The fourth-order valence-electron chi connectivity index (χ4n) is 5.95. The molecular formula is C26H32O6. The van der Waals surface area contributed by atoms with Gasteiger partial charge in [-0.15, -0.1) is 0 Å². The Labute approximate surface area is 188 Å². The van der Waals surface area contributed by atoms with Gasteiger partial charge in [-0.3, -0.25) is 9.59 Å². The third-order valence-electron chi connectivity index (χ3n) is 7.87. The summed E-state index contributed by atoms with van der Waals surface area (Å²) in [5, 5.41) is 21.1. The van der Waals surface area contributed by atoms with Crippen molar-refractivity contribution in [3.05, 3.63) is 46.7 Å². The van der Waals surface area contributed by atoms with Gasteiger partial charge in [-0.2, -0.15) is 0 Å². The van der Waals surface area contributed by atoms with Crippen LogP contribution in [-0.4, -0.2) is 41.6 Å². The first kappa shape index (κ1) is 22.6. The summed E-state index contributed by atoms with van der Waals surface area (Å²) in [7, 11) is 1.32. The molecule has 1 heterocycles. The van der Waals surface area contributed by atoms with Gasteiger partial charge in [0.1, 0.15) is 17.6 Å². The average Bonchev–Trinajstić information content (AvgIpc) is 3.02. The predicted molar refractivity (Wildman–Crippen MR) is 120 cm³/mol. The molecule has 4 rings (SSSR count). The summed E-state index contributed by atoms with van der Waals surface area (Å²) >= 11 is 0. The molecule has 1 fully saturated rings. The first-order valence-corrected chi connectivity index (χ1v) is 11.3. The number of ketones is 2. The summed E-state index contributed by atoms with van der Waals surface area (Å²) in [6, 6.07) is 1.34. The number of aliphatic hydroxyl groups is 1. The monoisotopic (exact) mass is 440 g/mol. The topological polar surface area (TPSA) is 93.1 Å². The van der Waals surface area contributed by atoms with E-state index in [1.165, 1.54) is 18.7 Å². The minimum absolute atomic E-state index is 0.0633. The number of carbonyl (C=O) groups is 2. The third-order valence-corrected chi connectivity index (χ3v) is 7.87. The standard InChI is InChI=1S/C26H32O6/c1-14-7-6-9-25(2,3)16(14)8-10-26(4)20(13-27)32-24-21-15(11-18(29)22(24)26)23(30)19(31-5)12-17(21)28/h11-12,16,20,27,29H,1,6-10,13H2,2-5H3. The maximum atomic E-state index is 12.9. The highest BCUT2D eigenvalue weighted by atomic mass is 16.5. The van der Waals surface area contributed by atoms with Crippen molar-refractivity contribution >= 4 is 11.6 Å². The number of methoxy groups -OCH3 is 1. The van der Waals surface area contributed by atoms with E-state index in [0.717, 1.165) is 31.8 Å². The van der Waals surface area contributed by atoms with Gasteiger partial charge in [-0.05, 0) is 49.5 Å². The van der Waals surface area contributed by atoms with Crippen molar-refractivity contribution in [1.82, 2.24) is 0 Å². The molecule has 6 nitrogen and oxygen atoms in total. The second-order valence-electron chi connectivity index (χ2n) is 10.2. The van der Waals surface area contributed by atoms with Crippen molar-refractivity contribution in [2.45, 2.75) is 64.4 Å². The van der Waals surface area contributed by atoms with E-state index in [4.69, 9.17) is 9.47 Å². The molecule has 0 amide bonds. The van der Waals surface area contributed by atoms with Crippen LogP contribution >= 0.6 is 0 Å². The quantitative estimate of drug-likeness (QED) is 0.656. The van der Waals surface area contributed by atoms with Gasteiger partial charge in [-0.25, -0.2) is 0 Å². The molecule has 1 aliphatic heterocycles. The van der Waals surface area contributed by atoms with Crippen LogP contribution in [0, 0.1) is 11.3 Å². The molecule has 0 radical (unpaired) electrons. The van der Waals surface area contributed by atoms with E-state index in [1.807, 2.05) is 6.92 Å². The van der Waals surface area contributed by atoms with Gasteiger partial charge >= 0.3 is 0 Å². The zero-order chi connectivity index (χ0) is 23.4. The Kier molecular flexibility index (Phi) is 5.48. The van der Waals surface area contributed by atoms with Gasteiger partial charge in [0.05, 0.1) is 19.3 Å². The molecule has 3 atom stereocenters. The number of carbonyl (C=O) groups excluding carboxylic acids is 2. The Morgan fingerprint density at radius 2 is 2.00 bits per heavy atom. The lowest BCUT2D eigenvalue weighted by atomic mass is 9.63. The molecule has 0 spiro atoms. The molecule has 1 aromatic carbocycles. The van der Waals surface area contributed by atoms with E-state index >= 15 is 0 Å². The van der Waals surface area contributed by atoms with E-state index in [9.17, 15) is 19.8 Å². The van der Waals surface area contributed by atoms with Gasteiger partial charge in [0.25, 0.3) is 0 Å². The van der Waals surface area contributed by atoms with E-state index in [2.05, 4.69) is 20.4 Å². The molecular weight excluding hydrogens is 408 g/mol. The van der Waals surface area contributed by atoms with Crippen molar-refractivity contribution in [2.75, 3.05) is 13.7 Å². The number of allylic oxidation sites excluding steroid dienone is 3. The van der Waals surface area contributed by atoms with Gasteiger partial charge < -0.3 is 19.7 Å². The smallest absolute Gasteiger partial charge is 0.228 e. The number of ether oxygens (including phenoxy) is 2. The minimum Gasteiger partial charge on any atom is -0.507 e. The average molecular weight is 441 g/mol. The summed E-state index contributed by atoms with van der Waals surface area (Å²) in [5.41, 5.74) is 1.35. The van der Waals surface area contributed by atoms with Gasteiger partial charge in [0, 0.05) is 22.6 Å². The first-order valence-electron chi connectivity index (χ1n) is 11.3. The SMILES string of the molecule is C=C1CCCC(C)(C)C1CCC1(C)c2c(O)cc3c(c2OC1CO)C(=O)C=C(OC)C3=O. The molecule has 172 valence electrons. The number of rotatable bonds is 5. The summed E-state index contributed by atoms with van der Waals surface area (Å²) in [6.07, 6.45) is 5.29. The summed E-state index contributed by atoms with van der Waals surface area (Å²) in [4.78, 5) is 25.6. The van der Waals surface area contributed by atoms with Crippen molar-refractivity contribution in [3.8, 4) is 11.5 Å². The van der Waals surface area contributed by atoms with Crippen LogP contribution in [0.25, 0.3) is 0 Å². The van der Waals surface area contributed by atoms with Crippen molar-refractivity contribution < 1.29 is 29.3 Å². The van der Waals surface area contributed by atoms with Crippen LogP contribution in [0.3, 0.4) is 0 Å².